The maximum atomic E-state index is 13.5. The molecule has 0 spiro atoms. The molecule has 0 atom stereocenters. The highest BCUT2D eigenvalue weighted by Gasteiger charge is 2.32. The highest BCUT2D eigenvalue weighted by Crippen LogP contribution is 2.35. The number of carbonyl (C=O) groups excluding carboxylic acids is 1. The van der Waals surface area contributed by atoms with Gasteiger partial charge in [-0.3, -0.25) is 9.47 Å². The van der Waals surface area contributed by atoms with Crippen LogP contribution in [0.5, 0.6) is 5.75 Å². The van der Waals surface area contributed by atoms with Crippen LogP contribution in [0.2, 0.25) is 0 Å². The van der Waals surface area contributed by atoms with Gasteiger partial charge < -0.3 is 10.1 Å². The summed E-state index contributed by atoms with van der Waals surface area (Å²) in [6.07, 6.45) is -0.254. The second-order valence-electron chi connectivity index (χ2n) is 9.32. The van der Waals surface area contributed by atoms with Crippen molar-refractivity contribution in [1.29, 1.82) is 0 Å². The third-order valence-electron chi connectivity index (χ3n) is 6.55. The van der Waals surface area contributed by atoms with E-state index in [4.69, 9.17) is 0 Å². The maximum Gasteiger partial charge on any atom is 0.573 e. The fourth-order valence-corrected chi connectivity index (χ4v) is 4.80. The number of hydrogen-bond acceptors (Lipinski definition) is 4. The third kappa shape index (κ3) is 6.35. The van der Waals surface area contributed by atoms with Gasteiger partial charge in [0.15, 0.2) is 17.5 Å². The Morgan fingerprint density at radius 2 is 1.80 bits per heavy atom. The van der Waals surface area contributed by atoms with E-state index < -0.39 is 41.5 Å². The van der Waals surface area contributed by atoms with Crippen LogP contribution in [-0.4, -0.2) is 39.9 Å². The Balaban J connectivity index is 1.42. The van der Waals surface area contributed by atoms with Gasteiger partial charge in [0.25, 0.3) is 0 Å². The first-order chi connectivity index (χ1) is 19.5. The number of fused-ring (bicyclic) bond motifs is 3. The molecule has 0 saturated carbocycles. The third-order valence-corrected chi connectivity index (χ3v) is 6.55. The lowest BCUT2D eigenvalue weighted by Crippen LogP contribution is -2.34. The smallest absolute Gasteiger partial charge is 0.406 e. The van der Waals surface area contributed by atoms with Crippen LogP contribution in [0.4, 0.5) is 35.5 Å². The molecule has 4 aromatic rings. The highest BCUT2D eigenvalue weighted by atomic mass is 19.4. The summed E-state index contributed by atoms with van der Waals surface area (Å²) in [4.78, 5) is 18.7. The number of benzene rings is 2. The molecule has 1 aliphatic rings. The van der Waals surface area contributed by atoms with Gasteiger partial charge in [-0.05, 0) is 59.2 Å². The minimum absolute atomic E-state index is 0.0104. The number of halogens is 7. The van der Waals surface area contributed by atoms with E-state index in [0.717, 1.165) is 18.2 Å². The summed E-state index contributed by atoms with van der Waals surface area (Å²) < 4.78 is 97.9. The van der Waals surface area contributed by atoms with E-state index in [-0.39, 0.29) is 18.7 Å². The Morgan fingerprint density at radius 3 is 2.51 bits per heavy atom. The average Bonchev–Trinajstić information content (AvgIpc) is 3.22. The number of nitrogens with zero attached hydrogens (tertiary/aromatic N) is 3. The predicted molar refractivity (Wildman–Crippen MR) is 135 cm³/mol. The van der Waals surface area contributed by atoms with E-state index in [1.54, 1.807) is 6.08 Å². The number of rotatable bonds is 6. The van der Waals surface area contributed by atoms with Crippen LogP contribution in [0.3, 0.4) is 0 Å². The lowest BCUT2D eigenvalue weighted by atomic mass is 10.0. The van der Waals surface area contributed by atoms with E-state index in [9.17, 15) is 35.5 Å². The fraction of sp³-hybridized carbons (Fsp3) is 0.214. The van der Waals surface area contributed by atoms with Gasteiger partial charge in [0.05, 0.1) is 5.52 Å². The zero-order chi connectivity index (χ0) is 29.3. The second kappa shape index (κ2) is 11.2. The van der Waals surface area contributed by atoms with Crippen molar-refractivity contribution in [3.8, 4) is 5.75 Å². The predicted octanol–water partition coefficient (Wildman–Crippen LogP) is 6.32. The van der Waals surface area contributed by atoms with Crippen LogP contribution < -0.4 is 10.1 Å². The number of pyridine rings is 1. The van der Waals surface area contributed by atoms with E-state index in [0.29, 0.717) is 47.2 Å². The molecular weight excluding hydrogens is 557 g/mol. The molecule has 1 amide bonds. The van der Waals surface area contributed by atoms with E-state index >= 15 is 0 Å². The molecule has 41 heavy (non-hydrogen) atoms. The number of ether oxygens (including phenoxy) is 1. The van der Waals surface area contributed by atoms with Crippen molar-refractivity contribution in [2.45, 2.75) is 25.9 Å². The second-order valence-corrected chi connectivity index (χ2v) is 9.32. The van der Waals surface area contributed by atoms with Crippen LogP contribution >= 0.6 is 0 Å². The Bertz CT molecular complexity index is 1630. The van der Waals surface area contributed by atoms with Crippen molar-refractivity contribution < 1.29 is 40.3 Å². The SMILES string of the molecule is O=C(NCc1ccnc(F)c1)n1c2c(c3cc(OC(F)(F)F)ccc31)CN(CC=Cc1cc(F)c(F)c(F)c1)CC2. The maximum absolute atomic E-state index is 13.5. The summed E-state index contributed by atoms with van der Waals surface area (Å²) in [5.74, 6) is -5.35. The molecule has 0 saturated heterocycles. The van der Waals surface area contributed by atoms with E-state index in [1.165, 1.54) is 41.1 Å². The number of hydrogen-bond donors (Lipinski definition) is 1. The van der Waals surface area contributed by atoms with Gasteiger partial charge in [-0.25, -0.2) is 22.9 Å². The minimum atomic E-state index is -4.91. The van der Waals surface area contributed by atoms with Crippen molar-refractivity contribution in [1.82, 2.24) is 19.8 Å². The first-order valence-electron chi connectivity index (χ1n) is 12.3. The summed E-state index contributed by atoms with van der Waals surface area (Å²) in [6.45, 7) is 0.983. The van der Waals surface area contributed by atoms with Crippen molar-refractivity contribution >= 4 is 23.0 Å². The van der Waals surface area contributed by atoms with Crippen molar-refractivity contribution in [2.24, 2.45) is 0 Å². The number of alkyl halides is 3. The first kappa shape index (κ1) is 28.1. The Labute approximate surface area is 228 Å². The Hall–Kier alpha value is -4.39. The molecule has 6 nitrogen and oxygen atoms in total. The highest BCUT2D eigenvalue weighted by molar-refractivity contribution is 5.96. The van der Waals surface area contributed by atoms with E-state index in [2.05, 4.69) is 15.0 Å². The Kier molecular flexibility index (Phi) is 7.72. The number of carbonyl (C=O) groups is 1. The van der Waals surface area contributed by atoms with Gasteiger partial charge in [-0.2, -0.15) is 4.39 Å². The van der Waals surface area contributed by atoms with Crippen molar-refractivity contribution in [2.75, 3.05) is 13.1 Å². The van der Waals surface area contributed by atoms with Gasteiger partial charge in [0, 0.05) is 49.9 Å². The van der Waals surface area contributed by atoms with Gasteiger partial charge >= 0.3 is 12.4 Å². The molecule has 214 valence electrons. The fourth-order valence-electron chi connectivity index (χ4n) is 4.80. The first-order valence-corrected chi connectivity index (χ1v) is 12.3. The summed E-state index contributed by atoms with van der Waals surface area (Å²) >= 11 is 0. The normalized spacial score (nSPS) is 14.0. The molecular formula is C28H21F7N4O2. The monoisotopic (exact) mass is 578 g/mol. The largest absolute Gasteiger partial charge is 0.573 e. The summed E-state index contributed by atoms with van der Waals surface area (Å²) in [5, 5.41) is 3.08. The van der Waals surface area contributed by atoms with Crippen LogP contribution in [0.15, 0.2) is 54.7 Å². The molecule has 0 aliphatic carbocycles. The number of nitrogens with one attached hydrogen (secondary N) is 1. The summed E-state index contributed by atoms with van der Waals surface area (Å²) in [5.41, 5.74) is 2.14. The molecule has 13 heteroatoms. The zero-order valence-corrected chi connectivity index (χ0v) is 21.1. The van der Waals surface area contributed by atoms with Gasteiger partial charge in [-0.15, -0.1) is 13.2 Å². The standard InChI is InChI=1S/C28H21F7N4O2/c29-21-10-16(11-22(30)26(21)32)2-1-8-38-9-6-24-20(15-38)19-13-18(41-28(33,34)35)3-4-23(19)39(24)27(40)37-14-17-5-7-36-25(31)12-17/h1-5,7,10-13H,6,8-9,14-15H2,(H,37,40). The topological polar surface area (TPSA) is 59.4 Å². The number of aromatic nitrogens is 2. The molecule has 0 unspecified atom stereocenters. The van der Waals surface area contributed by atoms with Gasteiger partial charge in [0.1, 0.15) is 5.75 Å². The molecule has 3 heterocycles. The lowest BCUT2D eigenvalue weighted by Gasteiger charge is -2.27. The number of amides is 1. The molecule has 5 rings (SSSR count). The molecule has 1 N–H and O–H groups in total. The van der Waals surface area contributed by atoms with Crippen LogP contribution in [0, 0.1) is 23.4 Å². The molecule has 0 fully saturated rings. The van der Waals surface area contributed by atoms with Crippen LogP contribution in [0.25, 0.3) is 17.0 Å². The quantitative estimate of drug-likeness (QED) is 0.165. The van der Waals surface area contributed by atoms with Crippen molar-refractivity contribution in [3.63, 3.8) is 0 Å². The zero-order valence-electron chi connectivity index (χ0n) is 21.1. The lowest BCUT2D eigenvalue weighted by molar-refractivity contribution is -0.274. The Morgan fingerprint density at radius 1 is 1.05 bits per heavy atom. The summed E-state index contributed by atoms with van der Waals surface area (Å²) in [7, 11) is 0. The molecule has 2 aromatic carbocycles. The molecule has 2 aromatic heterocycles. The van der Waals surface area contributed by atoms with Crippen LogP contribution in [-0.2, 0) is 19.5 Å². The molecule has 1 aliphatic heterocycles. The summed E-state index contributed by atoms with van der Waals surface area (Å²) in [6, 6.07) is 7.57. The van der Waals surface area contributed by atoms with E-state index in [1.807, 2.05) is 4.90 Å². The van der Waals surface area contributed by atoms with Crippen molar-refractivity contribution in [3.05, 3.63) is 101 Å². The average molecular weight is 578 g/mol. The van der Waals surface area contributed by atoms with Gasteiger partial charge in [-0.1, -0.05) is 12.2 Å². The minimum Gasteiger partial charge on any atom is -0.406 e. The van der Waals surface area contributed by atoms with Gasteiger partial charge in [0.2, 0.25) is 5.95 Å². The van der Waals surface area contributed by atoms with Crippen LogP contribution in [0.1, 0.15) is 22.4 Å². The molecule has 0 bridgehead atoms. The molecule has 0 radical (unpaired) electrons.